The van der Waals surface area contributed by atoms with Crippen molar-refractivity contribution in [3.63, 3.8) is 0 Å². The maximum atomic E-state index is 4.82. The van der Waals surface area contributed by atoms with E-state index in [2.05, 4.69) is 137 Å². The van der Waals surface area contributed by atoms with Crippen molar-refractivity contribution < 1.29 is 20.1 Å². The summed E-state index contributed by atoms with van der Waals surface area (Å²) in [5.74, 6) is 2.88. The Morgan fingerprint density at radius 1 is 0.654 bits per heavy atom. The summed E-state index contributed by atoms with van der Waals surface area (Å²) >= 11 is 0. The number of hydrogen-bond acceptors (Lipinski definition) is 2. The molecule has 1 unspecified atom stereocenters. The molecule has 0 aliphatic heterocycles. The van der Waals surface area contributed by atoms with Gasteiger partial charge in [0.1, 0.15) is 0 Å². The summed E-state index contributed by atoms with van der Waals surface area (Å²) in [6, 6.07) is 44.6. The first-order chi connectivity index (χ1) is 24.7. The Balaban J connectivity index is 0.000000175. The van der Waals surface area contributed by atoms with Crippen molar-refractivity contribution in [2.45, 2.75) is 72.0 Å². The quantitative estimate of drug-likeness (QED) is 0.118. The summed E-state index contributed by atoms with van der Waals surface area (Å²) in [7, 11) is -1.38. The summed E-state index contributed by atoms with van der Waals surface area (Å²) in [6.07, 6.45) is 12.8. The van der Waals surface area contributed by atoms with E-state index in [0.717, 1.165) is 40.3 Å². The van der Waals surface area contributed by atoms with Crippen molar-refractivity contribution in [1.82, 2.24) is 9.97 Å². The van der Waals surface area contributed by atoms with Gasteiger partial charge in [0.15, 0.2) is 0 Å². The molecule has 3 saturated carbocycles. The maximum Gasteiger partial charge on any atom is 0.0798 e. The molecule has 2 nitrogen and oxygen atoms in total. The molecule has 1 radical (unpaired) electrons. The van der Waals surface area contributed by atoms with Gasteiger partial charge in [0.2, 0.25) is 0 Å². The average molecular weight is 875 g/mol. The number of nitrogens with zero attached hydrogens (tertiary/aromatic N) is 2. The second-order valence-electron chi connectivity index (χ2n) is 15.8. The SMILES string of the molecule is C[Si](C)(C)c1cnc(-c2[c-]cccc2)cc1CC1CC2CCC1CC2.Cc1cc(-c2[c-]cc(C)c(-c3ccccc3)c2)ncc1-c1ccccc1.[Ir]. The molecule has 2 heterocycles. The topological polar surface area (TPSA) is 25.8 Å². The average Bonchev–Trinajstić information content (AvgIpc) is 3.16. The van der Waals surface area contributed by atoms with Crippen LogP contribution in [-0.2, 0) is 26.5 Å². The van der Waals surface area contributed by atoms with E-state index < -0.39 is 8.07 Å². The van der Waals surface area contributed by atoms with Crippen LogP contribution in [0.15, 0.2) is 122 Å². The van der Waals surface area contributed by atoms with E-state index in [9.17, 15) is 0 Å². The van der Waals surface area contributed by atoms with E-state index in [1.807, 2.05) is 30.5 Å². The molecule has 2 bridgehead atoms. The van der Waals surface area contributed by atoms with Crippen LogP contribution >= 0.6 is 0 Å². The van der Waals surface area contributed by atoms with Crippen LogP contribution in [-0.4, -0.2) is 18.0 Å². The zero-order valence-electron chi connectivity index (χ0n) is 31.2. The van der Waals surface area contributed by atoms with Crippen LogP contribution in [0.5, 0.6) is 0 Å². The normalized spacial score (nSPS) is 17.8. The number of hydrogen-bond donors (Lipinski definition) is 0. The van der Waals surface area contributed by atoms with Gasteiger partial charge in [-0.3, -0.25) is 0 Å². The monoisotopic (exact) mass is 875 g/mol. The molecule has 0 N–H and O–H groups in total. The Kier molecular flexibility index (Phi) is 12.2. The molecule has 0 saturated heterocycles. The van der Waals surface area contributed by atoms with Crippen LogP contribution in [0.25, 0.3) is 44.8 Å². The van der Waals surface area contributed by atoms with Crippen LogP contribution in [0.4, 0.5) is 0 Å². The first kappa shape index (κ1) is 37.8. The van der Waals surface area contributed by atoms with Crippen molar-refractivity contribution in [1.29, 1.82) is 0 Å². The van der Waals surface area contributed by atoms with E-state index in [-0.39, 0.29) is 20.1 Å². The second kappa shape index (κ2) is 16.8. The molecule has 267 valence electrons. The molecule has 9 rings (SSSR count). The second-order valence-corrected chi connectivity index (χ2v) is 20.8. The third-order valence-corrected chi connectivity index (χ3v) is 13.2. The molecule has 52 heavy (non-hydrogen) atoms. The van der Waals surface area contributed by atoms with Gasteiger partial charge in [0.25, 0.3) is 0 Å². The molecule has 2 aromatic heterocycles. The van der Waals surface area contributed by atoms with E-state index in [4.69, 9.17) is 9.97 Å². The summed E-state index contributed by atoms with van der Waals surface area (Å²) < 4.78 is 0. The Bertz CT molecular complexity index is 2060. The van der Waals surface area contributed by atoms with Crippen molar-refractivity contribution >= 4 is 13.3 Å². The number of benzene rings is 4. The van der Waals surface area contributed by atoms with Gasteiger partial charge in [-0.15, -0.1) is 65.2 Å². The Morgan fingerprint density at radius 3 is 1.88 bits per heavy atom. The molecular formula is C48H50IrN2Si-2. The van der Waals surface area contributed by atoms with Gasteiger partial charge in [0.05, 0.1) is 8.07 Å². The predicted octanol–water partition coefficient (Wildman–Crippen LogP) is 12.0. The minimum absolute atomic E-state index is 0. The zero-order valence-corrected chi connectivity index (χ0v) is 34.6. The largest absolute Gasteiger partial charge is 0.305 e. The van der Waals surface area contributed by atoms with Gasteiger partial charge in [-0.05, 0) is 83.6 Å². The molecule has 0 spiro atoms. The molecule has 0 amide bonds. The van der Waals surface area contributed by atoms with Crippen molar-refractivity contribution in [2.75, 3.05) is 0 Å². The van der Waals surface area contributed by atoms with Crippen LogP contribution in [0, 0.1) is 43.7 Å². The Morgan fingerprint density at radius 2 is 1.29 bits per heavy atom. The number of pyridine rings is 2. The maximum absolute atomic E-state index is 4.82. The molecule has 4 aromatic carbocycles. The van der Waals surface area contributed by atoms with Gasteiger partial charge in [-0.25, -0.2) is 0 Å². The fourth-order valence-corrected chi connectivity index (χ4v) is 9.94. The van der Waals surface area contributed by atoms with Gasteiger partial charge in [-0.2, -0.15) is 0 Å². The van der Waals surface area contributed by atoms with E-state index in [1.54, 1.807) is 10.8 Å². The third-order valence-electron chi connectivity index (χ3n) is 11.2. The molecular weight excluding hydrogens is 825 g/mol. The van der Waals surface area contributed by atoms with Crippen LogP contribution in [0.3, 0.4) is 0 Å². The smallest absolute Gasteiger partial charge is 0.0798 e. The standard InChI is InChI=1S/C25H20N.C23H30NSi.Ir/c1-18-13-14-22(16-23(18)20-9-5-3-6-10-20)25-15-19(2)24(17-26-25)21-11-7-4-8-12-21;1-25(2,3)23-16-24-22(19-7-5-4-6-8-19)15-21(23)14-20-13-17-9-11-18(20)12-10-17;/h3-13,15-17H,1-2H3;4-7,15-18,20H,9-14H2,1-3H3;/q2*-1;. The minimum atomic E-state index is -1.38. The third kappa shape index (κ3) is 8.80. The Hall–Kier alpha value is -3.95. The molecule has 3 fully saturated rings. The van der Waals surface area contributed by atoms with Crippen LogP contribution in [0.1, 0.15) is 48.8 Å². The molecule has 3 aliphatic rings. The van der Waals surface area contributed by atoms with Gasteiger partial charge >= 0.3 is 0 Å². The molecule has 4 heteroatoms. The fourth-order valence-electron chi connectivity index (χ4n) is 8.35. The number of aryl methyl sites for hydroxylation is 2. The van der Waals surface area contributed by atoms with E-state index >= 15 is 0 Å². The van der Waals surface area contributed by atoms with E-state index in [0.29, 0.717) is 0 Å². The molecule has 1 atom stereocenters. The summed E-state index contributed by atoms with van der Waals surface area (Å²) in [6.45, 7) is 11.6. The first-order valence-electron chi connectivity index (χ1n) is 18.8. The van der Waals surface area contributed by atoms with Crippen LogP contribution < -0.4 is 5.19 Å². The summed E-state index contributed by atoms with van der Waals surface area (Å²) in [5.41, 5.74) is 13.0. The molecule has 3 aliphatic carbocycles. The minimum Gasteiger partial charge on any atom is -0.305 e. The van der Waals surface area contributed by atoms with Gasteiger partial charge < -0.3 is 9.97 Å². The van der Waals surface area contributed by atoms with Crippen molar-refractivity contribution in [2.24, 2.45) is 17.8 Å². The van der Waals surface area contributed by atoms with Crippen LogP contribution in [0.2, 0.25) is 19.6 Å². The van der Waals surface area contributed by atoms with Gasteiger partial charge in [0, 0.05) is 38.1 Å². The first-order valence-corrected chi connectivity index (χ1v) is 22.3. The zero-order chi connectivity index (χ0) is 35.4. The van der Waals surface area contributed by atoms with E-state index in [1.165, 1.54) is 71.9 Å². The Labute approximate surface area is 326 Å². The van der Waals surface area contributed by atoms with Gasteiger partial charge in [-0.1, -0.05) is 123 Å². The summed E-state index contributed by atoms with van der Waals surface area (Å²) in [5, 5.41) is 1.56. The van der Waals surface area contributed by atoms with Crippen molar-refractivity contribution in [3.8, 4) is 44.8 Å². The number of aromatic nitrogens is 2. The number of rotatable bonds is 7. The summed E-state index contributed by atoms with van der Waals surface area (Å²) in [4.78, 5) is 9.54. The molecule has 6 aromatic rings. The van der Waals surface area contributed by atoms with Crippen molar-refractivity contribution in [3.05, 3.63) is 150 Å². The number of fused-ring (bicyclic) bond motifs is 3. The predicted molar refractivity (Wildman–Crippen MR) is 218 cm³/mol. The fraction of sp³-hybridized carbons (Fsp3) is 0.292.